The van der Waals surface area contributed by atoms with Gasteiger partial charge in [0.25, 0.3) is 0 Å². The Morgan fingerprint density at radius 1 is 1.57 bits per heavy atom. The molecular formula is C5H7ORb. The van der Waals surface area contributed by atoms with E-state index in [1.165, 1.54) is 0 Å². The van der Waals surface area contributed by atoms with E-state index in [9.17, 15) is 4.79 Å². The Hall–Kier alpha value is 1.48. The fourth-order valence-electron chi connectivity index (χ4n) is 0.628. The van der Waals surface area contributed by atoms with Crippen molar-refractivity contribution in [2.24, 2.45) is 0 Å². The summed E-state index contributed by atoms with van der Waals surface area (Å²) in [5, 5.41) is 0. The zero-order valence-corrected chi connectivity index (χ0v) is 9.52. The third kappa shape index (κ3) is 3.12. The monoisotopic (exact) mass is 168 g/mol. The Labute approximate surface area is 92.6 Å². The van der Waals surface area contributed by atoms with Crippen molar-refractivity contribution in [2.75, 3.05) is 0 Å². The standard InChI is InChI=1S/C5H7O.Rb/c6-5-3-1-2-4-5;/h1H,2-4H2;/q-1;+1. The second kappa shape index (κ2) is 4.36. The van der Waals surface area contributed by atoms with Gasteiger partial charge in [-0.25, -0.2) is 0 Å². The summed E-state index contributed by atoms with van der Waals surface area (Å²) in [6.45, 7) is 0. The van der Waals surface area contributed by atoms with E-state index in [4.69, 9.17) is 0 Å². The van der Waals surface area contributed by atoms with Crippen molar-refractivity contribution in [3.63, 3.8) is 0 Å². The van der Waals surface area contributed by atoms with Crippen molar-refractivity contribution in [3.05, 3.63) is 6.42 Å². The second-order valence-electron chi connectivity index (χ2n) is 1.57. The van der Waals surface area contributed by atoms with Crippen molar-refractivity contribution in [2.45, 2.75) is 19.3 Å². The third-order valence-corrected chi connectivity index (χ3v) is 0.999. The number of hydrogen-bond acceptors (Lipinski definition) is 1. The van der Waals surface area contributed by atoms with Gasteiger partial charge in [0.05, 0.1) is 0 Å². The van der Waals surface area contributed by atoms with E-state index in [2.05, 4.69) is 0 Å². The van der Waals surface area contributed by atoms with E-state index < -0.39 is 0 Å². The van der Waals surface area contributed by atoms with E-state index in [1.807, 2.05) is 6.42 Å². The summed E-state index contributed by atoms with van der Waals surface area (Å²) in [6.07, 6.45) is 4.56. The van der Waals surface area contributed by atoms with Crippen LogP contribution in [0.1, 0.15) is 19.3 Å². The van der Waals surface area contributed by atoms with Crippen LogP contribution in [0.2, 0.25) is 0 Å². The van der Waals surface area contributed by atoms with Crippen LogP contribution in [0, 0.1) is 6.42 Å². The van der Waals surface area contributed by atoms with Gasteiger partial charge in [0.15, 0.2) is 0 Å². The van der Waals surface area contributed by atoms with Crippen LogP contribution in [0.25, 0.3) is 0 Å². The number of carbonyl (C=O) groups excluding carboxylic acids is 1. The van der Waals surface area contributed by atoms with Gasteiger partial charge in [-0.2, -0.15) is 6.42 Å². The quantitative estimate of drug-likeness (QED) is 0.381. The van der Waals surface area contributed by atoms with Gasteiger partial charge in [-0.15, -0.1) is 6.42 Å². The first-order valence-corrected chi connectivity index (χ1v) is 2.23. The molecule has 7 heavy (non-hydrogen) atoms. The van der Waals surface area contributed by atoms with Crippen LogP contribution >= 0.6 is 0 Å². The summed E-state index contributed by atoms with van der Waals surface area (Å²) < 4.78 is 0. The Balaban J connectivity index is 0.000000360. The SMILES string of the molecule is O=C1C[CH-]CC1.[Rb+]. The third-order valence-electron chi connectivity index (χ3n) is 0.999. The van der Waals surface area contributed by atoms with Gasteiger partial charge in [-0.1, -0.05) is 0 Å². The number of carbonyl (C=O) groups is 1. The molecule has 1 aliphatic rings. The first kappa shape index (κ1) is 8.48. The number of rotatable bonds is 0. The molecule has 0 aromatic heterocycles. The van der Waals surface area contributed by atoms with Gasteiger partial charge in [-0.05, 0) is 6.42 Å². The zero-order valence-electron chi connectivity index (χ0n) is 4.61. The average molecular weight is 169 g/mol. The van der Waals surface area contributed by atoms with Crippen LogP contribution in [0.3, 0.4) is 0 Å². The second-order valence-corrected chi connectivity index (χ2v) is 1.57. The molecule has 1 nitrogen and oxygen atoms in total. The summed E-state index contributed by atoms with van der Waals surface area (Å²) in [5.41, 5.74) is 0. The molecule has 1 rings (SSSR count). The molecule has 2 heteroatoms. The van der Waals surface area contributed by atoms with E-state index in [0.717, 1.165) is 19.3 Å². The van der Waals surface area contributed by atoms with E-state index >= 15 is 0 Å². The van der Waals surface area contributed by atoms with Crippen LogP contribution in [0.15, 0.2) is 0 Å². The molecule has 0 amide bonds. The van der Waals surface area contributed by atoms with Crippen molar-refractivity contribution in [3.8, 4) is 0 Å². The molecule has 0 unspecified atom stereocenters. The maximum Gasteiger partial charge on any atom is 1.00 e. The van der Waals surface area contributed by atoms with Gasteiger partial charge in [0, 0.05) is 0 Å². The molecule has 0 bridgehead atoms. The van der Waals surface area contributed by atoms with Crippen LogP contribution in [-0.4, -0.2) is 5.78 Å². The van der Waals surface area contributed by atoms with E-state index in [0.29, 0.717) is 5.78 Å². The fourth-order valence-corrected chi connectivity index (χ4v) is 0.628. The largest absolute Gasteiger partial charge is 1.00 e. The summed E-state index contributed by atoms with van der Waals surface area (Å²) in [7, 11) is 0. The number of Topliss-reactive ketones (excluding diaryl/α,β-unsaturated/α-hetero) is 1. The summed E-state index contributed by atoms with van der Waals surface area (Å²) in [6, 6.07) is 0. The van der Waals surface area contributed by atoms with Crippen molar-refractivity contribution in [1.29, 1.82) is 0 Å². The van der Waals surface area contributed by atoms with E-state index in [-0.39, 0.29) is 58.2 Å². The minimum absolute atomic E-state index is 0. The van der Waals surface area contributed by atoms with Crippen LogP contribution in [0.4, 0.5) is 0 Å². The molecule has 0 radical (unpaired) electrons. The summed E-state index contributed by atoms with van der Waals surface area (Å²) in [4.78, 5) is 10.2. The molecule has 1 saturated carbocycles. The predicted molar refractivity (Wildman–Crippen MR) is 23.2 cm³/mol. The Bertz CT molecular complexity index is 62.5. The summed E-state index contributed by atoms with van der Waals surface area (Å²) >= 11 is 0. The fraction of sp³-hybridized carbons (Fsp3) is 0.600. The molecule has 0 aromatic rings. The van der Waals surface area contributed by atoms with Crippen molar-refractivity contribution in [1.82, 2.24) is 0 Å². The van der Waals surface area contributed by atoms with Crippen LogP contribution in [-0.2, 0) is 4.79 Å². The first-order chi connectivity index (χ1) is 2.89. The van der Waals surface area contributed by atoms with Gasteiger partial charge < -0.3 is 11.2 Å². The molecule has 0 saturated heterocycles. The summed E-state index contributed by atoms with van der Waals surface area (Å²) in [5.74, 6) is 0.398. The van der Waals surface area contributed by atoms with Crippen molar-refractivity contribution < 1.29 is 63.0 Å². The predicted octanol–water partition coefficient (Wildman–Crippen LogP) is -2.05. The van der Waals surface area contributed by atoms with Gasteiger partial charge in [-0.3, -0.25) is 0 Å². The van der Waals surface area contributed by atoms with Gasteiger partial charge in [0.2, 0.25) is 0 Å². The minimum atomic E-state index is 0. The molecule has 0 heterocycles. The van der Waals surface area contributed by atoms with Crippen molar-refractivity contribution >= 4 is 5.78 Å². The minimum Gasteiger partial charge on any atom is -0.321 e. The normalized spacial score (nSPS) is 19.1. The molecule has 34 valence electrons. The number of ketones is 1. The molecule has 0 N–H and O–H groups in total. The maximum atomic E-state index is 10.2. The molecule has 0 aromatic carbocycles. The molecule has 0 aliphatic heterocycles. The number of hydrogen-bond donors (Lipinski definition) is 0. The first-order valence-electron chi connectivity index (χ1n) is 2.23. The Morgan fingerprint density at radius 3 is 2.43 bits per heavy atom. The Kier molecular flexibility index (Phi) is 5.28. The van der Waals surface area contributed by atoms with Crippen LogP contribution < -0.4 is 58.2 Å². The molecule has 0 spiro atoms. The maximum absolute atomic E-state index is 10.2. The van der Waals surface area contributed by atoms with Gasteiger partial charge >= 0.3 is 58.2 Å². The van der Waals surface area contributed by atoms with Gasteiger partial charge in [0.1, 0.15) is 5.78 Å². The molecular weight excluding hydrogens is 162 g/mol. The topological polar surface area (TPSA) is 17.1 Å². The zero-order chi connectivity index (χ0) is 4.41. The molecule has 1 fully saturated rings. The molecule has 1 aliphatic carbocycles. The Morgan fingerprint density at radius 2 is 2.29 bits per heavy atom. The van der Waals surface area contributed by atoms with E-state index in [1.54, 1.807) is 0 Å². The van der Waals surface area contributed by atoms with Crippen LogP contribution in [0.5, 0.6) is 0 Å². The smallest absolute Gasteiger partial charge is 0.321 e. The molecule has 0 atom stereocenters. The average Bonchev–Trinajstić information content (AvgIpc) is 1.86.